The lowest BCUT2D eigenvalue weighted by Crippen LogP contribution is -2.45. The zero-order valence-corrected chi connectivity index (χ0v) is 15.4. The lowest BCUT2D eigenvalue weighted by molar-refractivity contribution is -0.121. The van der Waals surface area contributed by atoms with Gasteiger partial charge < -0.3 is 24.8 Å². The smallest absolute Gasteiger partial charge is 0.255 e. The number of hydrogen-bond acceptors (Lipinski definition) is 5. The molecule has 0 bridgehead atoms. The number of hydrogen-bond donors (Lipinski definition) is 1. The number of anilines is 1. The Bertz CT molecular complexity index is 743. The van der Waals surface area contributed by atoms with Crippen LogP contribution in [-0.2, 0) is 20.9 Å². The molecule has 2 heterocycles. The average molecular weight is 372 g/mol. The number of nitrogens with one attached hydrogen (secondary N) is 1. The van der Waals surface area contributed by atoms with Crippen molar-refractivity contribution in [3.05, 3.63) is 29.3 Å². The van der Waals surface area contributed by atoms with Crippen molar-refractivity contribution in [2.24, 2.45) is 0 Å². The summed E-state index contributed by atoms with van der Waals surface area (Å²) in [6.07, 6.45) is 2.11. The average Bonchev–Trinajstić information content (AvgIpc) is 3.04. The van der Waals surface area contributed by atoms with Crippen LogP contribution in [0.25, 0.3) is 0 Å². The quantitative estimate of drug-likeness (QED) is 0.682. The van der Waals surface area contributed by atoms with Crippen LogP contribution < -0.4 is 10.2 Å². The summed E-state index contributed by atoms with van der Waals surface area (Å²) >= 11 is 0. The second kappa shape index (κ2) is 8.20. The van der Waals surface area contributed by atoms with Gasteiger partial charge in [-0.2, -0.15) is 0 Å². The minimum absolute atomic E-state index is 0.150. The van der Waals surface area contributed by atoms with Crippen molar-refractivity contribution in [2.45, 2.75) is 25.4 Å². The molecule has 0 aromatic heterocycles. The topological polar surface area (TPSA) is 90.0 Å². The van der Waals surface area contributed by atoms with Gasteiger partial charge in [-0.1, -0.05) is 6.07 Å². The van der Waals surface area contributed by atoms with Gasteiger partial charge in [-0.3, -0.25) is 14.4 Å². The van der Waals surface area contributed by atoms with E-state index in [0.29, 0.717) is 31.6 Å². The van der Waals surface area contributed by atoms with E-state index in [0.717, 1.165) is 37.0 Å². The third-order valence-electron chi connectivity index (χ3n) is 5.26. The molecule has 8 heteroatoms. The van der Waals surface area contributed by atoms with Crippen LogP contribution in [0, 0.1) is 0 Å². The summed E-state index contributed by atoms with van der Waals surface area (Å²) in [4.78, 5) is 52.1. The molecular weight excluding hydrogens is 348 g/mol. The number of rotatable bonds is 7. The van der Waals surface area contributed by atoms with Crippen LogP contribution in [0.4, 0.5) is 5.69 Å². The third-order valence-corrected chi connectivity index (χ3v) is 5.26. The Labute approximate surface area is 158 Å². The van der Waals surface area contributed by atoms with Gasteiger partial charge in [0.15, 0.2) is 0 Å². The monoisotopic (exact) mass is 372 g/mol. The van der Waals surface area contributed by atoms with E-state index in [9.17, 15) is 19.2 Å². The summed E-state index contributed by atoms with van der Waals surface area (Å²) in [5.41, 5.74) is 2.45. The van der Waals surface area contributed by atoms with E-state index < -0.39 is 6.04 Å². The minimum Gasteiger partial charge on any atom is -0.368 e. The van der Waals surface area contributed by atoms with E-state index in [1.807, 2.05) is 18.2 Å². The molecule has 0 saturated carbocycles. The summed E-state index contributed by atoms with van der Waals surface area (Å²) < 4.78 is 0. The van der Waals surface area contributed by atoms with Gasteiger partial charge in [0.05, 0.1) is 6.04 Å². The first kappa shape index (κ1) is 18.9. The van der Waals surface area contributed by atoms with Gasteiger partial charge in [-0.05, 0) is 24.1 Å². The predicted octanol–water partition coefficient (Wildman–Crippen LogP) is 0.0145. The van der Waals surface area contributed by atoms with Crippen molar-refractivity contribution in [2.75, 3.05) is 38.1 Å². The molecular formula is C19H24N4O4. The van der Waals surface area contributed by atoms with Gasteiger partial charge in [0, 0.05) is 57.4 Å². The summed E-state index contributed by atoms with van der Waals surface area (Å²) in [7, 11) is 1.55. The Morgan fingerprint density at radius 3 is 2.59 bits per heavy atom. The van der Waals surface area contributed by atoms with Crippen LogP contribution in [0.2, 0.25) is 0 Å². The number of carbonyl (C=O) groups excluding carboxylic acids is 4. The fraction of sp³-hybridized carbons (Fsp3) is 0.474. The van der Waals surface area contributed by atoms with Crippen molar-refractivity contribution < 1.29 is 19.2 Å². The molecule has 8 nitrogen and oxygen atoms in total. The molecule has 1 aromatic carbocycles. The number of amides is 3. The lowest BCUT2D eigenvalue weighted by atomic mass is 10.1. The largest absolute Gasteiger partial charge is 0.368 e. The molecule has 3 amide bonds. The van der Waals surface area contributed by atoms with Crippen LogP contribution in [-0.4, -0.2) is 73.6 Å². The van der Waals surface area contributed by atoms with E-state index in [1.165, 1.54) is 4.90 Å². The van der Waals surface area contributed by atoms with Gasteiger partial charge in [0.25, 0.3) is 5.91 Å². The summed E-state index contributed by atoms with van der Waals surface area (Å²) in [5, 5.41) is 2.53. The molecule has 1 N–H and O–H groups in total. The second-order valence-electron chi connectivity index (χ2n) is 6.82. The Balaban J connectivity index is 1.71. The zero-order valence-electron chi connectivity index (χ0n) is 15.4. The zero-order chi connectivity index (χ0) is 19.4. The van der Waals surface area contributed by atoms with E-state index in [-0.39, 0.29) is 18.2 Å². The number of aldehydes is 1. The maximum atomic E-state index is 12.8. The van der Waals surface area contributed by atoms with E-state index in [2.05, 4.69) is 10.2 Å². The highest BCUT2D eigenvalue weighted by Gasteiger charge is 2.33. The molecule has 27 heavy (non-hydrogen) atoms. The molecule has 0 radical (unpaired) electrons. The number of piperazine rings is 1. The first-order chi connectivity index (χ1) is 13.1. The SMILES string of the molecule is CNC(=O)CCC(C=O)N1Cc2ccc(N3CCN(C=O)CC3)cc2C1=O. The maximum Gasteiger partial charge on any atom is 0.255 e. The molecule has 1 unspecified atom stereocenters. The fourth-order valence-electron chi connectivity index (χ4n) is 3.56. The van der Waals surface area contributed by atoms with E-state index in [4.69, 9.17) is 0 Å². The number of nitrogens with zero attached hydrogens (tertiary/aromatic N) is 3. The van der Waals surface area contributed by atoms with Crippen LogP contribution in [0.15, 0.2) is 18.2 Å². The summed E-state index contributed by atoms with van der Waals surface area (Å²) in [6.45, 7) is 3.14. The van der Waals surface area contributed by atoms with Gasteiger partial charge in [-0.25, -0.2) is 0 Å². The molecule has 0 aliphatic carbocycles. The van der Waals surface area contributed by atoms with Gasteiger partial charge in [0.1, 0.15) is 6.29 Å². The minimum atomic E-state index is -0.609. The predicted molar refractivity (Wildman–Crippen MR) is 99.3 cm³/mol. The van der Waals surface area contributed by atoms with Gasteiger partial charge in [-0.15, -0.1) is 0 Å². The summed E-state index contributed by atoms with van der Waals surface area (Å²) in [6, 6.07) is 5.17. The molecule has 2 aliphatic rings. The van der Waals surface area contributed by atoms with Crippen molar-refractivity contribution >= 4 is 30.2 Å². The Morgan fingerprint density at radius 1 is 1.22 bits per heavy atom. The molecule has 3 rings (SSSR count). The molecule has 0 spiro atoms. The first-order valence-electron chi connectivity index (χ1n) is 9.11. The normalized spacial score (nSPS) is 17.5. The van der Waals surface area contributed by atoms with Crippen molar-refractivity contribution in [1.82, 2.24) is 15.1 Å². The van der Waals surface area contributed by atoms with Crippen LogP contribution in [0.1, 0.15) is 28.8 Å². The molecule has 1 aromatic rings. The van der Waals surface area contributed by atoms with Crippen LogP contribution in [0.5, 0.6) is 0 Å². The van der Waals surface area contributed by atoms with Crippen molar-refractivity contribution in [3.63, 3.8) is 0 Å². The Kier molecular flexibility index (Phi) is 5.73. The molecule has 1 fully saturated rings. The second-order valence-corrected chi connectivity index (χ2v) is 6.82. The van der Waals surface area contributed by atoms with Crippen LogP contribution >= 0.6 is 0 Å². The third kappa shape index (κ3) is 3.94. The number of fused-ring (bicyclic) bond motifs is 1. The highest BCUT2D eigenvalue weighted by molar-refractivity contribution is 6.00. The number of carbonyl (C=O) groups is 4. The van der Waals surface area contributed by atoms with E-state index in [1.54, 1.807) is 11.9 Å². The first-order valence-corrected chi connectivity index (χ1v) is 9.11. The lowest BCUT2D eigenvalue weighted by Gasteiger charge is -2.34. The molecule has 1 saturated heterocycles. The molecule has 144 valence electrons. The standard InChI is InChI=1S/C19H24N4O4/c1-20-18(26)5-4-16(12-24)23-11-14-2-3-15(10-17(14)19(23)27)22-8-6-21(13-25)7-9-22/h2-3,10,12-13,16H,4-9,11H2,1H3,(H,20,26). The highest BCUT2D eigenvalue weighted by Crippen LogP contribution is 2.29. The fourth-order valence-corrected chi connectivity index (χ4v) is 3.56. The maximum absolute atomic E-state index is 12.8. The highest BCUT2D eigenvalue weighted by atomic mass is 16.2. The van der Waals surface area contributed by atoms with Gasteiger partial charge >= 0.3 is 0 Å². The number of benzene rings is 1. The van der Waals surface area contributed by atoms with Crippen molar-refractivity contribution in [3.8, 4) is 0 Å². The van der Waals surface area contributed by atoms with Crippen LogP contribution in [0.3, 0.4) is 0 Å². The van der Waals surface area contributed by atoms with E-state index >= 15 is 0 Å². The van der Waals surface area contributed by atoms with Crippen molar-refractivity contribution in [1.29, 1.82) is 0 Å². The molecule has 1 atom stereocenters. The summed E-state index contributed by atoms with van der Waals surface area (Å²) in [5.74, 6) is -0.324. The Hall–Kier alpha value is -2.90. The Morgan fingerprint density at radius 2 is 1.96 bits per heavy atom. The molecule has 2 aliphatic heterocycles. The van der Waals surface area contributed by atoms with Gasteiger partial charge in [0.2, 0.25) is 12.3 Å².